The highest BCUT2D eigenvalue weighted by Gasteiger charge is 2.39. The zero-order valence-corrected chi connectivity index (χ0v) is 23.7. The van der Waals surface area contributed by atoms with Crippen LogP contribution in [0.25, 0.3) is 22.2 Å². The minimum absolute atomic E-state index is 0.167. The van der Waals surface area contributed by atoms with E-state index in [4.69, 9.17) is 5.10 Å². The standard InChI is InChI=1S/C31H31FN8O3/c1-38-25-13-33-12-23(32)27(25)29(36-38)22-15-40(37-28(22)17-2-3-17)20-8-16(9-20)11-34-19-4-5-21-18(10-19)14-39(31(21)43)24-6-7-26(41)35-30(24)42/h4-5,10,12-13,15-17,20,24,34H,2-3,6-9,11,14H2,1H3,(H,35,41,42). The van der Waals surface area contributed by atoms with E-state index in [-0.39, 0.29) is 30.1 Å². The average molecular weight is 583 g/mol. The molecule has 12 heteroatoms. The fraction of sp³-hybridized carbons (Fsp3) is 0.419. The van der Waals surface area contributed by atoms with Crippen LogP contribution in [0.1, 0.15) is 72.1 Å². The third-order valence-electron chi connectivity index (χ3n) is 9.40. The van der Waals surface area contributed by atoms with Crippen molar-refractivity contribution in [1.82, 2.24) is 34.8 Å². The van der Waals surface area contributed by atoms with Crippen molar-refractivity contribution in [2.45, 2.75) is 63.1 Å². The number of nitrogens with one attached hydrogen (secondary N) is 2. The van der Waals surface area contributed by atoms with Crippen molar-refractivity contribution < 1.29 is 18.8 Å². The number of carbonyl (C=O) groups is 3. The van der Waals surface area contributed by atoms with E-state index in [2.05, 4.69) is 31.6 Å². The van der Waals surface area contributed by atoms with Gasteiger partial charge in [0.25, 0.3) is 5.91 Å². The van der Waals surface area contributed by atoms with Gasteiger partial charge in [0.1, 0.15) is 11.7 Å². The number of rotatable bonds is 7. The first-order valence-electron chi connectivity index (χ1n) is 14.9. The van der Waals surface area contributed by atoms with Crippen LogP contribution in [0.3, 0.4) is 0 Å². The number of piperidine rings is 1. The Morgan fingerprint density at radius 2 is 1.91 bits per heavy atom. The van der Waals surface area contributed by atoms with E-state index in [0.717, 1.165) is 54.7 Å². The van der Waals surface area contributed by atoms with Gasteiger partial charge in [-0.25, -0.2) is 4.39 Å². The minimum Gasteiger partial charge on any atom is -0.385 e. The molecule has 3 fully saturated rings. The van der Waals surface area contributed by atoms with Crippen molar-refractivity contribution in [3.05, 3.63) is 59.4 Å². The molecule has 1 aromatic carbocycles. The lowest BCUT2D eigenvalue weighted by Crippen LogP contribution is -2.52. The molecule has 1 atom stereocenters. The van der Waals surface area contributed by atoms with Gasteiger partial charge in [0.15, 0.2) is 5.82 Å². The highest BCUT2D eigenvalue weighted by atomic mass is 19.1. The molecule has 2 aliphatic heterocycles. The molecule has 0 radical (unpaired) electrons. The minimum atomic E-state index is -0.614. The first-order valence-corrected chi connectivity index (χ1v) is 14.9. The second-order valence-corrected chi connectivity index (χ2v) is 12.3. The number of hydrogen-bond donors (Lipinski definition) is 2. The topological polar surface area (TPSA) is 127 Å². The van der Waals surface area contributed by atoms with Crippen LogP contribution in [0.2, 0.25) is 0 Å². The van der Waals surface area contributed by atoms with Crippen molar-refractivity contribution in [2.24, 2.45) is 13.0 Å². The number of aryl methyl sites for hydroxylation is 1. The summed E-state index contributed by atoms with van der Waals surface area (Å²) in [5, 5.41) is 16.0. The SMILES string of the molecule is Cn1nc(-c2cn(C3CC(CNc4ccc5c(c4)CN(C4CCC(=O)NC4=O)C5=O)C3)nc2C2CC2)c2c(F)cncc21. The molecule has 3 amide bonds. The fourth-order valence-corrected chi connectivity index (χ4v) is 6.81. The molecule has 0 bridgehead atoms. The van der Waals surface area contributed by atoms with Crippen molar-refractivity contribution in [3.63, 3.8) is 0 Å². The highest BCUT2D eigenvalue weighted by Crippen LogP contribution is 2.46. The Morgan fingerprint density at radius 3 is 2.70 bits per heavy atom. The lowest BCUT2D eigenvalue weighted by Gasteiger charge is -2.35. The smallest absolute Gasteiger partial charge is 0.255 e. The second kappa shape index (κ2) is 9.72. The van der Waals surface area contributed by atoms with Crippen LogP contribution in [0.4, 0.5) is 10.1 Å². The van der Waals surface area contributed by atoms with E-state index in [1.807, 2.05) is 25.2 Å². The number of imide groups is 1. The van der Waals surface area contributed by atoms with Crippen LogP contribution in [-0.4, -0.2) is 59.8 Å². The van der Waals surface area contributed by atoms with Crippen LogP contribution in [0, 0.1) is 11.7 Å². The summed E-state index contributed by atoms with van der Waals surface area (Å²) >= 11 is 0. The molecule has 4 aromatic rings. The van der Waals surface area contributed by atoms with Gasteiger partial charge in [-0.15, -0.1) is 0 Å². The Hall–Kier alpha value is -4.61. The van der Waals surface area contributed by atoms with Crippen LogP contribution in [0.15, 0.2) is 36.8 Å². The highest BCUT2D eigenvalue weighted by molar-refractivity contribution is 6.05. The molecule has 1 saturated heterocycles. The van der Waals surface area contributed by atoms with Crippen LogP contribution >= 0.6 is 0 Å². The molecule has 0 spiro atoms. The normalized spacial score (nSPS) is 23.4. The monoisotopic (exact) mass is 582 g/mol. The third-order valence-corrected chi connectivity index (χ3v) is 9.40. The van der Waals surface area contributed by atoms with Crippen molar-refractivity contribution in [2.75, 3.05) is 11.9 Å². The van der Waals surface area contributed by atoms with Crippen LogP contribution in [-0.2, 0) is 23.2 Å². The molecule has 11 nitrogen and oxygen atoms in total. The Balaban J connectivity index is 0.928. The molecule has 2 saturated carbocycles. The first kappa shape index (κ1) is 26.1. The van der Waals surface area contributed by atoms with Gasteiger partial charge in [-0.2, -0.15) is 10.2 Å². The zero-order chi connectivity index (χ0) is 29.4. The van der Waals surface area contributed by atoms with Gasteiger partial charge in [-0.05, 0) is 61.8 Å². The number of amides is 3. The number of benzene rings is 1. The van der Waals surface area contributed by atoms with Crippen molar-refractivity contribution >= 4 is 34.3 Å². The quantitative estimate of drug-likeness (QED) is 0.319. The van der Waals surface area contributed by atoms with E-state index in [1.165, 1.54) is 6.20 Å². The molecule has 43 heavy (non-hydrogen) atoms. The van der Waals surface area contributed by atoms with Crippen molar-refractivity contribution in [1.29, 1.82) is 0 Å². The number of hydrogen-bond acceptors (Lipinski definition) is 7. The number of pyridine rings is 1. The van der Waals surface area contributed by atoms with Gasteiger partial charge in [-0.3, -0.25) is 34.0 Å². The molecule has 4 aliphatic rings. The largest absolute Gasteiger partial charge is 0.385 e. The molecule has 5 heterocycles. The Labute approximate surface area is 246 Å². The number of anilines is 1. The summed E-state index contributed by atoms with van der Waals surface area (Å²) < 4.78 is 18.6. The molecule has 1 unspecified atom stereocenters. The summed E-state index contributed by atoms with van der Waals surface area (Å²) in [7, 11) is 1.81. The molecule has 220 valence electrons. The van der Waals surface area contributed by atoms with Gasteiger partial charge in [0.05, 0.1) is 35.0 Å². The van der Waals surface area contributed by atoms with Gasteiger partial charge >= 0.3 is 0 Å². The summed E-state index contributed by atoms with van der Waals surface area (Å²) in [5.74, 6) is -0.364. The Morgan fingerprint density at radius 1 is 1.07 bits per heavy atom. The number of halogens is 1. The van der Waals surface area contributed by atoms with Crippen LogP contribution in [0.5, 0.6) is 0 Å². The van der Waals surface area contributed by atoms with E-state index in [9.17, 15) is 18.8 Å². The number of aromatic nitrogens is 5. The van der Waals surface area contributed by atoms with E-state index < -0.39 is 11.9 Å². The van der Waals surface area contributed by atoms with E-state index >= 15 is 0 Å². The molecule has 3 aromatic heterocycles. The van der Waals surface area contributed by atoms with E-state index in [0.29, 0.717) is 47.0 Å². The van der Waals surface area contributed by atoms with Crippen molar-refractivity contribution in [3.8, 4) is 11.3 Å². The Kier molecular flexibility index (Phi) is 5.89. The predicted octanol–water partition coefficient (Wildman–Crippen LogP) is 3.67. The lowest BCUT2D eigenvalue weighted by atomic mass is 9.80. The van der Waals surface area contributed by atoms with Gasteiger partial charge in [0.2, 0.25) is 11.8 Å². The Bertz CT molecular complexity index is 1820. The number of carbonyl (C=O) groups excluding carboxylic acids is 3. The number of fused-ring (bicyclic) bond motifs is 2. The van der Waals surface area contributed by atoms with E-state index in [1.54, 1.807) is 15.8 Å². The van der Waals surface area contributed by atoms with Gasteiger partial charge in [0, 0.05) is 55.5 Å². The zero-order valence-electron chi connectivity index (χ0n) is 23.7. The average Bonchev–Trinajstić information content (AvgIpc) is 3.51. The maximum Gasteiger partial charge on any atom is 0.255 e. The molecule has 2 N–H and O–H groups in total. The molecule has 2 aliphatic carbocycles. The lowest BCUT2D eigenvalue weighted by molar-refractivity contribution is -0.136. The molecule has 8 rings (SSSR count). The summed E-state index contributed by atoms with van der Waals surface area (Å²) in [6, 6.07) is 5.38. The molecular weight excluding hydrogens is 551 g/mol. The summed E-state index contributed by atoms with van der Waals surface area (Å²) in [6.45, 7) is 1.16. The summed E-state index contributed by atoms with van der Waals surface area (Å²) in [5.41, 5.74) is 5.66. The first-order chi connectivity index (χ1) is 20.8. The summed E-state index contributed by atoms with van der Waals surface area (Å²) in [6.07, 6.45) is 9.67. The maximum absolute atomic E-state index is 14.8. The number of nitrogens with zero attached hydrogens (tertiary/aromatic N) is 6. The van der Waals surface area contributed by atoms with Crippen LogP contribution < -0.4 is 10.6 Å². The second-order valence-electron chi connectivity index (χ2n) is 12.3. The fourth-order valence-electron chi connectivity index (χ4n) is 6.81. The molecular formula is C31H31FN8O3. The predicted molar refractivity (Wildman–Crippen MR) is 154 cm³/mol. The maximum atomic E-state index is 14.8. The summed E-state index contributed by atoms with van der Waals surface area (Å²) in [4.78, 5) is 42.4. The third kappa shape index (κ3) is 4.38. The van der Waals surface area contributed by atoms with Gasteiger partial charge in [-0.1, -0.05) is 0 Å². The van der Waals surface area contributed by atoms with Gasteiger partial charge < -0.3 is 10.2 Å².